The highest BCUT2D eigenvalue weighted by Crippen LogP contribution is 2.74. The smallest absolute Gasteiger partial charge is 0.165 e. The SMILES string of the molecule is C=Cc1ccc(COCC2CC34CCC(C2OC)C2Oc5c(OC)ccc6c5C23CCN(CC2CC2)C4C6)cc1. The average Bonchev–Trinajstić information content (AvgIpc) is 3.76. The summed E-state index contributed by atoms with van der Waals surface area (Å²) < 4.78 is 26.0. The summed E-state index contributed by atoms with van der Waals surface area (Å²) in [5.41, 5.74) is 5.59. The number of nitrogens with zero attached hydrogens (tertiary/aromatic N) is 1. The Morgan fingerprint density at radius 2 is 1.93 bits per heavy atom. The zero-order valence-corrected chi connectivity index (χ0v) is 24.1. The molecule has 2 aliphatic heterocycles. The minimum absolute atomic E-state index is 0.0458. The Balaban J connectivity index is 1.18. The van der Waals surface area contributed by atoms with Crippen molar-refractivity contribution in [2.24, 2.45) is 23.2 Å². The van der Waals surface area contributed by atoms with Crippen molar-refractivity contribution in [3.8, 4) is 11.5 Å². The van der Waals surface area contributed by atoms with E-state index in [9.17, 15) is 0 Å². The van der Waals surface area contributed by atoms with Crippen molar-refractivity contribution in [3.63, 3.8) is 0 Å². The average molecular weight is 542 g/mol. The van der Waals surface area contributed by atoms with Crippen LogP contribution in [0.25, 0.3) is 6.08 Å². The molecule has 2 aromatic rings. The highest BCUT2D eigenvalue weighted by atomic mass is 16.5. The lowest BCUT2D eigenvalue weighted by atomic mass is 9.42. The predicted octanol–water partition coefficient (Wildman–Crippen LogP) is 6.03. The number of fused-ring (bicyclic) bond motifs is 3. The van der Waals surface area contributed by atoms with Crippen LogP contribution in [0.1, 0.15) is 60.8 Å². The molecule has 9 rings (SSSR count). The molecule has 5 nitrogen and oxygen atoms in total. The Kier molecular flexibility index (Phi) is 5.92. The number of hydrogen-bond acceptors (Lipinski definition) is 5. The van der Waals surface area contributed by atoms with E-state index < -0.39 is 0 Å². The quantitative estimate of drug-likeness (QED) is 0.388. The molecule has 2 aromatic carbocycles. The number of piperidine rings is 1. The number of methoxy groups -OCH3 is 2. The molecule has 0 radical (unpaired) electrons. The fraction of sp³-hybridized carbons (Fsp3) is 0.600. The molecule has 0 amide bonds. The molecule has 7 unspecified atom stereocenters. The second kappa shape index (κ2) is 9.34. The number of likely N-dealkylation sites (tertiary alicyclic amines) is 1. The summed E-state index contributed by atoms with van der Waals surface area (Å²) in [7, 11) is 3.71. The van der Waals surface area contributed by atoms with Crippen molar-refractivity contribution in [2.45, 2.75) is 75.2 Å². The van der Waals surface area contributed by atoms with E-state index in [1.54, 1.807) is 7.11 Å². The van der Waals surface area contributed by atoms with Gasteiger partial charge in [0.25, 0.3) is 0 Å². The van der Waals surface area contributed by atoms with Gasteiger partial charge in [-0.05, 0) is 80.2 Å². The topological polar surface area (TPSA) is 40.2 Å². The second-order valence-corrected chi connectivity index (χ2v) is 13.5. The molecule has 2 heterocycles. The fourth-order valence-corrected chi connectivity index (χ4v) is 10.2. The van der Waals surface area contributed by atoms with Crippen LogP contribution in [0.3, 0.4) is 0 Å². The maximum atomic E-state index is 7.14. The first kappa shape index (κ1) is 25.4. The Morgan fingerprint density at radius 3 is 2.67 bits per heavy atom. The van der Waals surface area contributed by atoms with Gasteiger partial charge >= 0.3 is 0 Å². The lowest BCUT2D eigenvalue weighted by Crippen LogP contribution is -2.71. The van der Waals surface area contributed by atoms with E-state index in [-0.39, 0.29) is 23.0 Å². The molecule has 7 atom stereocenters. The molecule has 5 heteroatoms. The molecule has 4 saturated carbocycles. The van der Waals surface area contributed by atoms with E-state index >= 15 is 0 Å². The van der Waals surface area contributed by atoms with Crippen molar-refractivity contribution in [3.05, 3.63) is 65.2 Å². The normalized spacial score (nSPS) is 37.0. The maximum absolute atomic E-state index is 7.14. The van der Waals surface area contributed by atoms with Crippen molar-refractivity contribution in [1.82, 2.24) is 4.90 Å². The fourth-order valence-electron chi connectivity index (χ4n) is 10.2. The Morgan fingerprint density at radius 1 is 1.07 bits per heavy atom. The third-order valence-electron chi connectivity index (χ3n) is 11.9. The van der Waals surface area contributed by atoms with Crippen molar-refractivity contribution in [2.75, 3.05) is 33.9 Å². The van der Waals surface area contributed by atoms with Crippen LogP contribution in [-0.2, 0) is 27.9 Å². The highest BCUT2D eigenvalue weighted by molar-refractivity contribution is 5.62. The van der Waals surface area contributed by atoms with Crippen LogP contribution in [0.15, 0.2) is 43.0 Å². The van der Waals surface area contributed by atoms with Gasteiger partial charge in [0.2, 0.25) is 0 Å². The molecule has 2 spiro atoms. The largest absolute Gasteiger partial charge is 0.493 e. The van der Waals surface area contributed by atoms with Gasteiger partial charge in [0.1, 0.15) is 6.10 Å². The second-order valence-electron chi connectivity index (χ2n) is 13.5. The standard InChI is InChI=1S/C35H43NO4/c1-4-22-5-9-24(10-6-22)20-39-21-26-18-34-14-13-27(31(26)38-3)33-35(34)15-16-36(19-23-7-8-23)29(34)17-25-11-12-28(37-2)32(40-33)30(25)35/h4-6,9-12,23,26-27,29,31,33H,1,7-8,13-21H2,2-3H3. The lowest BCUT2D eigenvalue weighted by Gasteiger charge is -2.66. The van der Waals surface area contributed by atoms with Gasteiger partial charge in [0.15, 0.2) is 11.5 Å². The summed E-state index contributed by atoms with van der Waals surface area (Å²) in [6.45, 7) is 7.70. The van der Waals surface area contributed by atoms with E-state index in [2.05, 4.69) is 47.9 Å². The first-order valence-corrected chi connectivity index (χ1v) is 15.5. The summed E-state index contributed by atoms with van der Waals surface area (Å²) in [5, 5.41) is 0. The molecule has 4 bridgehead atoms. The summed E-state index contributed by atoms with van der Waals surface area (Å²) >= 11 is 0. The van der Waals surface area contributed by atoms with Crippen LogP contribution < -0.4 is 9.47 Å². The van der Waals surface area contributed by atoms with Gasteiger partial charge in [-0.25, -0.2) is 0 Å². The van der Waals surface area contributed by atoms with Crippen LogP contribution in [-0.4, -0.2) is 57.1 Å². The van der Waals surface area contributed by atoms with Gasteiger partial charge in [-0.15, -0.1) is 0 Å². The zero-order chi connectivity index (χ0) is 27.1. The van der Waals surface area contributed by atoms with Gasteiger partial charge in [0.05, 0.1) is 26.4 Å². The molecule has 1 saturated heterocycles. The molecule has 0 N–H and O–H groups in total. The number of hydrogen-bond donors (Lipinski definition) is 0. The summed E-state index contributed by atoms with van der Waals surface area (Å²) in [4.78, 5) is 2.91. The zero-order valence-electron chi connectivity index (χ0n) is 24.1. The van der Waals surface area contributed by atoms with Crippen LogP contribution in [0.5, 0.6) is 11.5 Å². The minimum atomic E-state index is 0.0458. The lowest BCUT2D eigenvalue weighted by molar-refractivity contribution is -0.142. The van der Waals surface area contributed by atoms with Crippen LogP contribution in [0.2, 0.25) is 0 Å². The van der Waals surface area contributed by atoms with Crippen LogP contribution in [0, 0.1) is 23.2 Å². The first-order valence-electron chi connectivity index (χ1n) is 15.5. The van der Waals surface area contributed by atoms with Gasteiger partial charge < -0.3 is 18.9 Å². The van der Waals surface area contributed by atoms with Crippen molar-refractivity contribution >= 4 is 6.08 Å². The van der Waals surface area contributed by atoms with E-state index in [1.807, 2.05) is 13.2 Å². The third-order valence-corrected chi connectivity index (χ3v) is 11.9. The summed E-state index contributed by atoms with van der Waals surface area (Å²) in [6, 6.07) is 13.6. The van der Waals surface area contributed by atoms with Gasteiger partial charge in [-0.3, -0.25) is 4.90 Å². The minimum Gasteiger partial charge on any atom is -0.493 e. The molecule has 212 valence electrons. The highest BCUT2D eigenvalue weighted by Gasteiger charge is 2.75. The monoisotopic (exact) mass is 541 g/mol. The van der Waals surface area contributed by atoms with Crippen LogP contribution >= 0.6 is 0 Å². The number of rotatable bonds is 9. The molecular weight excluding hydrogens is 498 g/mol. The van der Waals surface area contributed by atoms with Crippen molar-refractivity contribution < 1.29 is 18.9 Å². The summed E-state index contributed by atoms with van der Waals surface area (Å²) in [5.74, 6) is 3.57. The molecule has 5 fully saturated rings. The van der Waals surface area contributed by atoms with Gasteiger partial charge in [0, 0.05) is 47.9 Å². The Bertz CT molecular complexity index is 1300. The molecular formula is C35H43NO4. The maximum Gasteiger partial charge on any atom is 0.165 e. The van der Waals surface area contributed by atoms with Crippen LogP contribution in [0.4, 0.5) is 0 Å². The number of ether oxygens (including phenoxy) is 4. The Labute approximate surface area is 238 Å². The summed E-state index contributed by atoms with van der Waals surface area (Å²) in [6.07, 6.45) is 10.9. The van der Waals surface area contributed by atoms with E-state index in [1.165, 1.54) is 61.9 Å². The molecule has 40 heavy (non-hydrogen) atoms. The molecule has 7 aliphatic rings. The van der Waals surface area contributed by atoms with Gasteiger partial charge in [-0.2, -0.15) is 0 Å². The van der Waals surface area contributed by atoms with E-state index in [4.69, 9.17) is 18.9 Å². The first-order chi connectivity index (χ1) is 19.6. The Hall–Kier alpha value is -2.34. The molecule has 5 aliphatic carbocycles. The predicted molar refractivity (Wildman–Crippen MR) is 156 cm³/mol. The van der Waals surface area contributed by atoms with E-state index in [0.717, 1.165) is 42.4 Å². The van der Waals surface area contributed by atoms with Gasteiger partial charge in [-0.1, -0.05) is 43.0 Å². The van der Waals surface area contributed by atoms with E-state index in [0.29, 0.717) is 24.5 Å². The van der Waals surface area contributed by atoms with Crippen molar-refractivity contribution in [1.29, 1.82) is 0 Å². The third kappa shape index (κ3) is 3.44. The molecule has 0 aromatic heterocycles. The number of benzene rings is 2.